The van der Waals surface area contributed by atoms with E-state index in [1.165, 1.54) is 14.0 Å². The van der Waals surface area contributed by atoms with Crippen molar-refractivity contribution in [1.29, 1.82) is 0 Å². The average molecular weight is 258 g/mol. The fraction of sp³-hybridized carbons (Fsp3) is 0.0667. The highest BCUT2D eigenvalue weighted by Crippen LogP contribution is 2.38. The molecule has 86 valence electrons. The Labute approximate surface area is 111 Å². The van der Waals surface area contributed by atoms with E-state index < -0.39 is 0 Å². The summed E-state index contributed by atoms with van der Waals surface area (Å²) in [4.78, 5) is 2.56. The van der Waals surface area contributed by atoms with Crippen LogP contribution < -0.4 is 0 Å². The van der Waals surface area contributed by atoms with E-state index in [1.54, 1.807) is 0 Å². The normalized spacial score (nSPS) is 9.94. The second-order valence-corrected chi connectivity index (χ2v) is 5.93. The highest BCUT2D eigenvalue weighted by Gasteiger charge is 2.01. The summed E-state index contributed by atoms with van der Waals surface area (Å²) >= 11 is 3.62. The molecule has 2 aromatic carbocycles. The molecule has 0 aliphatic carbocycles. The molecule has 0 aromatic heterocycles. The van der Waals surface area contributed by atoms with Gasteiger partial charge in [0.2, 0.25) is 0 Å². The third-order valence-electron chi connectivity index (χ3n) is 2.16. The van der Waals surface area contributed by atoms with Crippen molar-refractivity contribution in [3.63, 3.8) is 0 Å². The van der Waals surface area contributed by atoms with Gasteiger partial charge >= 0.3 is 0 Å². The van der Waals surface area contributed by atoms with Crippen molar-refractivity contribution in [2.45, 2.75) is 16.7 Å². The molecule has 17 heavy (non-hydrogen) atoms. The molecule has 0 saturated carbocycles. The molecule has 2 aromatic rings. The Morgan fingerprint density at radius 1 is 0.765 bits per heavy atom. The Morgan fingerprint density at radius 3 is 1.53 bits per heavy atom. The standard InChI is InChI=1S/C15H14S2/c1-2-15(16-13-9-5-3-6-10-13)17-14-11-7-4-8-12-14/h2-12H,1H3. The minimum Gasteiger partial charge on any atom is -0.0831 e. The zero-order chi connectivity index (χ0) is 11.9. The fourth-order valence-electron chi connectivity index (χ4n) is 1.35. The zero-order valence-corrected chi connectivity index (χ0v) is 11.3. The van der Waals surface area contributed by atoms with Crippen LogP contribution in [0.3, 0.4) is 0 Å². The third-order valence-corrected chi connectivity index (χ3v) is 4.55. The summed E-state index contributed by atoms with van der Waals surface area (Å²) in [5.74, 6) is 0. The van der Waals surface area contributed by atoms with E-state index in [2.05, 4.69) is 61.5 Å². The maximum atomic E-state index is 2.16. The van der Waals surface area contributed by atoms with E-state index in [-0.39, 0.29) is 0 Å². The molecule has 0 heterocycles. The lowest BCUT2D eigenvalue weighted by Crippen LogP contribution is -1.74. The van der Waals surface area contributed by atoms with Gasteiger partial charge in [0.1, 0.15) is 0 Å². The van der Waals surface area contributed by atoms with Gasteiger partial charge in [0.25, 0.3) is 0 Å². The molecule has 0 aliphatic heterocycles. The van der Waals surface area contributed by atoms with Crippen LogP contribution in [0.5, 0.6) is 0 Å². The second-order valence-electron chi connectivity index (χ2n) is 3.44. The maximum Gasteiger partial charge on any atom is 0.0456 e. The van der Waals surface area contributed by atoms with E-state index in [9.17, 15) is 0 Å². The number of allylic oxidation sites excluding steroid dienone is 1. The van der Waals surface area contributed by atoms with Gasteiger partial charge < -0.3 is 0 Å². The Balaban J connectivity index is 2.04. The van der Waals surface area contributed by atoms with Gasteiger partial charge in [0, 0.05) is 14.0 Å². The molecule has 0 N–H and O–H groups in total. The lowest BCUT2D eigenvalue weighted by molar-refractivity contribution is 1.46. The smallest absolute Gasteiger partial charge is 0.0456 e. The van der Waals surface area contributed by atoms with Crippen LogP contribution in [0.2, 0.25) is 0 Å². The van der Waals surface area contributed by atoms with Gasteiger partial charge in [0.15, 0.2) is 0 Å². The van der Waals surface area contributed by atoms with Gasteiger partial charge in [-0.05, 0) is 31.2 Å². The molecule has 0 nitrogen and oxygen atoms in total. The number of hydrogen-bond acceptors (Lipinski definition) is 2. The highest BCUT2D eigenvalue weighted by atomic mass is 32.2. The molecule has 0 fully saturated rings. The van der Waals surface area contributed by atoms with E-state index >= 15 is 0 Å². The molecule has 0 unspecified atom stereocenters. The van der Waals surface area contributed by atoms with Crippen LogP contribution in [-0.4, -0.2) is 0 Å². The van der Waals surface area contributed by atoms with Crippen LogP contribution in [0.15, 0.2) is 80.8 Å². The van der Waals surface area contributed by atoms with Gasteiger partial charge in [-0.2, -0.15) is 0 Å². The van der Waals surface area contributed by atoms with Gasteiger partial charge in [0.05, 0.1) is 0 Å². The molecule has 0 amide bonds. The van der Waals surface area contributed by atoms with E-state index in [1.807, 2.05) is 35.7 Å². The molecule has 0 radical (unpaired) electrons. The van der Waals surface area contributed by atoms with E-state index in [0.717, 1.165) is 0 Å². The number of hydrogen-bond donors (Lipinski definition) is 0. The SMILES string of the molecule is CC=C(Sc1ccccc1)Sc1ccccc1. The van der Waals surface area contributed by atoms with Crippen molar-refractivity contribution < 1.29 is 0 Å². The summed E-state index contributed by atoms with van der Waals surface area (Å²) in [6, 6.07) is 20.9. The summed E-state index contributed by atoms with van der Waals surface area (Å²) in [5.41, 5.74) is 0. The van der Waals surface area contributed by atoms with Crippen molar-refractivity contribution in [3.05, 3.63) is 71.0 Å². The number of rotatable bonds is 4. The van der Waals surface area contributed by atoms with Crippen molar-refractivity contribution in [2.75, 3.05) is 0 Å². The monoisotopic (exact) mass is 258 g/mol. The van der Waals surface area contributed by atoms with Gasteiger partial charge in [-0.1, -0.05) is 66.0 Å². The van der Waals surface area contributed by atoms with Gasteiger partial charge in [-0.3, -0.25) is 0 Å². The minimum atomic E-state index is 1.28. The molecule has 0 atom stereocenters. The first-order chi connectivity index (χ1) is 8.38. The highest BCUT2D eigenvalue weighted by molar-refractivity contribution is 8.22. The molecule has 0 spiro atoms. The number of benzene rings is 2. The Morgan fingerprint density at radius 2 is 1.18 bits per heavy atom. The zero-order valence-electron chi connectivity index (χ0n) is 9.67. The Kier molecular flexibility index (Phi) is 4.77. The topological polar surface area (TPSA) is 0 Å². The van der Waals surface area contributed by atoms with Crippen LogP contribution in [0, 0.1) is 0 Å². The first kappa shape index (κ1) is 12.3. The van der Waals surface area contributed by atoms with Gasteiger partial charge in [-0.15, -0.1) is 0 Å². The number of thioether (sulfide) groups is 2. The quantitative estimate of drug-likeness (QED) is 0.670. The van der Waals surface area contributed by atoms with Crippen molar-refractivity contribution in [3.8, 4) is 0 Å². The lowest BCUT2D eigenvalue weighted by atomic mass is 10.4. The van der Waals surface area contributed by atoms with Crippen molar-refractivity contribution >= 4 is 23.5 Å². The predicted molar refractivity (Wildman–Crippen MR) is 78.4 cm³/mol. The Bertz CT molecular complexity index is 431. The third kappa shape index (κ3) is 3.99. The van der Waals surface area contributed by atoms with Crippen molar-refractivity contribution in [1.82, 2.24) is 0 Å². The molecule has 0 aliphatic rings. The maximum absolute atomic E-state index is 2.16. The van der Waals surface area contributed by atoms with E-state index in [4.69, 9.17) is 0 Å². The summed E-state index contributed by atoms with van der Waals surface area (Å²) in [5, 5.41) is 0. The molecule has 2 heteroatoms. The first-order valence-electron chi connectivity index (χ1n) is 5.50. The molecule has 0 saturated heterocycles. The predicted octanol–water partition coefficient (Wildman–Crippen LogP) is 5.43. The molecular formula is C15H14S2. The largest absolute Gasteiger partial charge is 0.0831 e. The van der Waals surface area contributed by atoms with Crippen LogP contribution in [0.4, 0.5) is 0 Å². The fourth-order valence-corrected chi connectivity index (χ4v) is 3.38. The van der Waals surface area contributed by atoms with E-state index in [0.29, 0.717) is 0 Å². The van der Waals surface area contributed by atoms with Gasteiger partial charge in [-0.25, -0.2) is 0 Å². The van der Waals surface area contributed by atoms with Crippen LogP contribution in [-0.2, 0) is 0 Å². The second kappa shape index (κ2) is 6.58. The van der Waals surface area contributed by atoms with Crippen LogP contribution in [0.25, 0.3) is 0 Å². The molecule has 2 rings (SSSR count). The Hall–Kier alpha value is -1.12. The molecule has 0 bridgehead atoms. The summed E-state index contributed by atoms with van der Waals surface area (Å²) in [7, 11) is 0. The lowest BCUT2D eigenvalue weighted by Gasteiger charge is -2.06. The van der Waals surface area contributed by atoms with Crippen LogP contribution in [0.1, 0.15) is 6.92 Å². The van der Waals surface area contributed by atoms with Crippen molar-refractivity contribution in [2.24, 2.45) is 0 Å². The first-order valence-corrected chi connectivity index (χ1v) is 7.14. The average Bonchev–Trinajstić information content (AvgIpc) is 2.40. The minimum absolute atomic E-state index is 1.28. The summed E-state index contributed by atoms with van der Waals surface area (Å²) in [6.45, 7) is 2.08. The van der Waals surface area contributed by atoms with Crippen LogP contribution >= 0.6 is 23.5 Å². The molecular weight excluding hydrogens is 244 g/mol. The summed E-state index contributed by atoms with van der Waals surface area (Å²) in [6.07, 6.45) is 2.16. The summed E-state index contributed by atoms with van der Waals surface area (Å²) < 4.78 is 1.31.